The first-order valence-electron chi connectivity index (χ1n) is 2.85. The van der Waals surface area contributed by atoms with Gasteiger partial charge in [-0.2, -0.15) is 0 Å². The largest absolute Gasteiger partial charge is 0.288 e. The molecule has 50 valence electrons. The van der Waals surface area contributed by atoms with E-state index >= 15 is 0 Å². The van der Waals surface area contributed by atoms with Gasteiger partial charge in [0.25, 0.3) is 0 Å². The summed E-state index contributed by atoms with van der Waals surface area (Å²) < 4.78 is 6.03. The van der Waals surface area contributed by atoms with Crippen molar-refractivity contribution in [3.05, 3.63) is 18.2 Å². The van der Waals surface area contributed by atoms with Gasteiger partial charge >= 0.3 is 0 Å². The highest BCUT2D eigenvalue weighted by molar-refractivity contribution is 5.66. The van der Waals surface area contributed by atoms with Gasteiger partial charge in [0.1, 0.15) is 17.7 Å². The second kappa shape index (κ2) is 1.70. The molecule has 0 saturated heterocycles. The van der Waals surface area contributed by atoms with Gasteiger partial charge in [-0.3, -0.25) is 10.0 Å². The number of rotatable bonds is 1. The molecule has 4 nitrogen and oxygen atoms in total. The minimum atomic E-state index is 0.781. The van der Waals surface area contributed by atoms with Crippen LogP contribution in [0.2, 0.25) is 0 Å². The van der Waals surface area contributed by atoms with Crippen molar-refractivity contribution in [1.82, 2.24) is 9.90 Å². The van der Waals surface area contributed by atoms with Crippen LogP contribution in [0, 0.1) is 5.41 Å². The van der Waals surface area contributed by atoms with Crippen LogP contribution in [0.5, 0.6) is 0 Å². The normalized spacial score (nSPS) is 10.4. The molecule has 0 amide bonds. The Kier molecular flexibility index (Phi) is 0.887. The molecule has 2 rings (SSSR count). The summed E-state index contributed by atoms with van der Waals surface area (Å²) in [6.45, 7) is 0. The van der Waals surface area contributed by atoms with Crippen molar-refractivity contribution < 1.29 is 4.63 Å². The molecule has 0 atom stereocenters. The molecule has 1 N–H and O–H groups in total. The van der Waals surface area contributed by atoms with E-state index in [0.717, 1.165) is 17.7 Å². The van der Waals surface area contributed by atoms with Crippen molar-refractivity contribution in [2.45, 2.75) is 0 Å². The molecule has 0 fully saturated rings. The zero-order chi connectivity index (χ0) is 6.97. The van der Waals surface area contributed by atoms with Crippen LogP contribution in [0.15, 0.2) is 22.8 Å². The molecule has 2 aliphatic rings. The number of nitrogens with zero attached hydrogens (tertiary/aromatic N) is 2. The topological polar surface area (TPSA) is 54.8 Å². The highest BCUT2D eigenvalue weighted by atomic mass is 16.6. The Bertz CT molecular complexity index is 322. The van der Waals surface area contributed by atoms with Crippen LogP contribution in [-0.2, 0) is 0 Å². The standard InChI is InChI=1S/C6H5N3O/c7-4-9-6-3-1-2-5(6)8-10-9/h1-4,7H. The zero-order valence-electron chi connectivity index (χ0n) is 5.11. The van der Waals surface area contributed by atoms with E-state index in [0.29, 0.717) is 0 Å². The highest BCUT2D eigenvalue weighted by Crippen LogP contribution is 2.18. The maximum absolute atomic E-state index is 6.89. The van der Waals surface area contributed by atoms with Crippen LogP contribution in [0.4, 0.5) is 0 Å². The molecule has 0 saturated carbocycles. The average molecular weight is 135 g/mol. The van der Waals surface area contributed by atoms with Crippen LogP contribution >= 0.6 is 0 Å². The van der Waals surface area contributed by atoms with E-state index in [1.165, 1.54) is 4.74 Å². The molecule has 0 aromatic carbocycles. The predicted molar refractivity (Wildman–Crippen MR) is 35.3 cm³/mol. The summed E-state index contributed by atoms with van der Waals surface area (Å²) in [5.41, 5.74) is 1.61. The second-order valence-corrected chi connectivity index (χ2v) is 1.92. The molecule has 0 spiro atoms. The Morgan fingerprint density at radius 1 is 1.60 bits per heavy atom. The van der Waals surface area contributed by atoms with Crippen LogP contribution in [0.25, 0.3) is 11.4 Å². The number of nitrogens with one attached hydrogen (secondary N) is 1. The Hall–Kier alpha value is -1.58. The van der Waals surface area contributed by atoms with Crippen molar-refractivity contribution in [1.29, 1.82) is 5.41 Å². The third-order valence-corrected chi connectivity index (χ3v) is 1.35. The van der Waals surface area contributed by atoms with Gasteiger partial charge in [0, 0.05) is 0 Å². The van der Waals surface area contributed by atoms with E-state index < -0.39 is 0 Å². The number of fused-ring (bicyclic) bond motifs is 1. The fourth-order valence-corrected chi connectivity index (χ4v) is 0.890. The van der Waals surface area contributed by atoms with Gasteiger partial charge in [-0.15, -0.1) is 4.74 Å². The number of aromatic nitrogens is 2. The maximum atomic E-state index is 6.89. The van der Waals surface area contributed by atoms with Crippen molar-refractivity contribution in [3.63, 3.8) is 0 Å². The molecule has 0 aromatic rings. The van der Waals surface area contributed by atoms with Crippen LogP contribution in [0.3, 0.4) is 0 Å². The van der Waals surface area contributed by atoms with Crippen LogP contribution in [-0.4, -0.2) is 16.2 Å². The minimum Gasteiger partial charge on any atom is -0.288 e. The van der Waals surface area contributed by atoms with Crippen molar-refractivity contribution in [3.8, 4) is 11.4 Å². The van der Waals surface area contributed by atoms with E-state index in [1.807, 2.05) is 18.2 Å². The lowest BCUT2D eigenvalue weighted by atomic mass is 10.4. The van der Waals surface area contributed by atoms with Gasteiger partial charge in [-0.25, -0.2) is 0 Å². The Morgan fingerprint density at radius 3 is 3.30 bits per heavy atom. The lowest BCUT2D eigenvalue weighted by Crippen LogP contribution is -1.90. The van der Waals surface area contributed by atoms with Gasteiger partial charge in [0.15, 0.2) is 0 Å². The molecule has 0 bridgehead atoms. The van der Waals surface area contributed by atoms with Gasteiger partial charge in [-0.1, -0.05) is 11.2 Å². The first-order valence-corrected chi connectivity index (χ1v) is 2.85. The Labute approximate surface area is 56.9 Å². The van der Waals surface area contributed by atoms with E-state index in [9.17, 15) is 0 Å². The molecule has 1 aliphatic carbocycles. The zero-order valence-corrected chi connectivity index (χ0v) is 5.11. The Balaban J connectivity index is 2.71. The SMILES string of the molecule is N=Cn1onc2cccc1-2. The molecular formula is C6H5N3O. The summed E-state index contributed by atoms with van der Waals surface area (Å²) in [5, 5.41) is 10.6. The summed E-state index contributed by atoms with van der Waals surface area (Å²) in [5.74, 6) is 0. The number of hydrogen-bond acceptors (Lipinski definition) is 3. The Morgan fingerprint density at radius 2 is 2.50 bits per heavy atom. The van der Waals surface area contributed by atoms with Crippen LogP contribution < -0.4 is 0 Å². The summed E-state index contributed by atoms with van der Waals surface area (Å²) in [6, 6.07) is 5.54. The number of hydrogen-bond donors (Lipinski definition) is 1. The third kappa shape index (κ3) is 0.500. The van der Waals surface area contributed by atoms with Crippen molar-refractivity contribution in [2.75, 3.05) is 0 Å². The maximum Gasteiger partial charge on any atom is 0.133 e. The van der Waals surface area contributed by atoms with Crippen molar-refractivity contribution in [2.24, 2.45) is 0 Å². The van der Waals surface area contributed by atoms with Crippen LogP contribution in [0.1, 0.15) is 0 Å². The molecule has 0 aromatic heterocycles. The van der Waals surface area contributed by atoms with Crippen molar-refractivity contribution >= 4 is 6.34 Å². The smallest absolute Gasteiger partial charge is 0.133 e. The summed E-state index contributed by atoms with van der Waals surface area (Å²) in [4.78, 5) is 0. The van der Waals surface area contributed by atoms with Gasteiger partial charge in [0.05, 0.1) is 0 Å². The first-order chi connectivity index (χ1) is 4.92. The van der Waals surface area contributed by atoms with E-state index in [2.05, 4.69) is 5.16 Å². The van der Waals surface area contributed by atoms with E-state index in [1.54, 1.807) is 0 Å². The fraction of sp³-hybridized carbons (Fsp3) is 0. The molecule has 1 heterocycles. The predicted octanol–water partition coefficient (Wildman–Crippen LogP) is 1.04. The monoisotopic (exact) mass is 135 g/mol. The molecule has 4 heteroatoms. The van der Waals surface area contributed by atoms with E-state index in [-0.39, 0.29) is 0 Å². The first kappa shape index (κ1) is 5.22. The summed E-state index contributed by atoms with van der Waals surface area (Å²) in [7, 11) is 0. The van der Waals surface area contributed by atoms with Gasteiger partial charge in [0.2, 0.25) is 0 Å². The minimum absolute atomic E-state index is 0.781. The van der Waals surface area contributed by atoms with Gasteiger partial charge in [-0.05, 0) is 12.1 Å². The molecule has 0 unspecified atom stereocenters. The molecular weight excluding hydrogens is 130 g/mol. The highest BCUT2D eigenvalue weighted by Gasteiger charge is 2.09. The summed E-state index contributed by atoms with van der Waals surface area (Å²) in [6.07, 6.45) is 1.08. The molecule has 10 heavy (non-hydrogen) atoms. The quantitative estimate of drug-likeness (QED) is 0.469. The lowest BCUT2D eigenvalue weighted by molar-refractivity contribution is 0.274. The van der Waals surface area contributed by atoms with E-state index in [4.69, 9.17) is 10.0 Å². The summed E-state index contributed by atoms with van der Waals surface area (Å²) >= 11 is 0. The van der Waals surface area contributed by atoms with Gasteiger partial charge < -0.3 is 0 Å². The fourth-order valence-electron chi connectivity index (χ4n) is 0.890. The average Bonchev–Trinajstić information content (AvgIpc) is 2.44. The second-order valence-electron chi connectivity index (χ2n) is 1.92. The molecule has 1 aliphatic heterocycles. The third-order valence-electron chi connectivity index (χ3n) is 1.35. The molecule has 0 radical (unpaired) electrons. The lowest BCUT2D eigenvalue weighted by Gasteiger charge is -1.85.